The summed E-state index contributed by atoms with van der Waals surface area (Å²) < 4.78 is 169. The van der Waals surface area contributed by atoms with Gasteiger partial charge in [-0.25, -0.2) is 9.38 Å². The molecule has 1 aliphatic rings. The zero-order valence-electron chi connectivity index (χ0n) is 14.5. The first-order chi connectivity index (χ1) is 14.2. The van der Waals surface area contributed by atoms with Crippen molar-refractivity contribution in [1.82, 2.24) is 5.32 Å². The molecular formula is C15H5F13N2OS. The van der Waals surface area contributed by atoms with Crippen molar-refractivity contribution in [1.29, 1.82) is 0 Å². The number of allylic oxidation sites excluding steroid dienone is 1. The van der Waals surface area contributed by atoms with Gasteiger partial charge in [0.25, 0.3) is 11.4 Å². The first kappa shape index (κ1) is 25.8. The third-order valence-electron chi connectivity index (χ3n) is 3.76. The van der Waals surface area contributed by atoms with Crippen molar-refractivity contribution in [2.75, 3.05) is 0 Å². The predicted octanol–water partition coefficient (Wildman–Crippen LogP) is 6.14. The molecule has 0 spiro atoms. The highest BCUT2D eigenvalue weighted by Gasteiger charge is 2.77. The summed E-state index contributed by atoms with van der Waals surface area (Å²) in [6, 6.07) is 1.68. The number of benzene rings is 1. The average molecular weight is 508 g/mol. The van der Waals surface area contributed by atoms with Gasteiger partial charge in [-0.05, 0) is 24.3 Å². The molecule has 1 heterocycles. The van der Waals surface area contributed by atoms with Crippen LogP contribution in [0.15, 0.2) is 40.0 Å². The first-order valence-corrected chi connectivity index (χ1v) is 8.40. The lowest BCUT2D eigenvalue weighted by Gasteiger charge is -2.31. The van der Waals surface area contributed by atoms with Gasteiger partial charge in [0.05, 0.1) is 10.5 Å². The molecule has 1 aromatic rings. The van der Waals surface area contributed by atoms with Crippen LogP contribution in [0.25, 0.3) is 0 Å². The Kier molecular flexibility index (Phi) is 6.32. The minimum Gasteiger partial charge on any atom is -0.301 e. The molecule has 1 amide bonds. The first-order valence-electron chi connectivity index (χ1n) is 7.59. The van der Waals surface area contributed by atoms with E-state index < -0.39 is 74.9 Å². The van der Waals surface area contributed by atoms with Gasteiger partial charge in [0.2, 0.25) is 5.83 Å². The Labute approximate surface area is 172 Å². The molecule has 178 valence electrons. The van der Waals surface area contributed by atoms with Crippen LogP contribution in [0.4, 0.5) is 57.1 Å². The number of hydrogen-bond acceptors (Lipinski definition) is 3. The molecule has 0 saturated heterocycles. The third kappa shape index (κ3) is 4.66. The van der Waals surface area contributed by atoms with Gasteiger partial charge in [-0.2, -0.15) is 52.7 Å². The van der Waals surface area contributed by atoms with Crippen LogP contribution < -0.4 is 5.32 Å². The lowest BCUT2D eigenvalue weighted by atomic mass is 9.97. The average Bonchev–Trinajstić information content (AvgIpc) is 3.00. The van der Waals surface area contributed by atoms with E-state index in [-0.39, 0.29) is 0 Å². The lowest BCUT2D eigenvalue weighted by Crippen LogP contribution is -2.55. The van der Waals surface area contributed by atoms with Gasteiger partial charge in [0.15, 0.2) is 5.17 Å². The van der Waals surface area contributed by atoms with E-state index in [0.717, 1.165) is 0 Å². The molecule has 0 fully saturated rings. The van der Waals surface area contributed by atoms with Crippen LogP contribution in [-0.2, 0) is 6.18 Å². The van der Waals surface area contributed by atoms with Crippen molar-refractivity contribution in [2.45, 2.75) is 30.2 Å². The Bertz CT molecular complexity index is 938. The fourth-order valence-corrected chi connectivity index (χ4v) is 3.46. The molecule has 1 aromatic carbocycles. The monoisotopic (exact) mass is 508 g/mol. The van der Waals surface area contributed by atoms with Crippen LogP contribution in [0.3, 0.4) is 0 Å². The molecule has 0 aliphatic carbocycles. The van der Waals surface area contributed by atoms with E-state index in [1.54, 1.807) is 0 Å². The van der Waals surface area contributed by atoms with Crippen molar-refractivity contribution < 1.29 is 61.9 Å². The number of nitrogens with zero attached hydrogens (tertiary/aromatic N) is 1. The maximum atomic E-state index is 13.6. The molecule has 2 rings (SSSR count). The summed E-state index contributed by atoms with van der Waals surface area (Å²) in [4.78, 5) is 11.2. The summed E-state index contributed by atoms with van der Waals surface area (Å²) in [6.45, 7) is 0. The Morgan fingerprint density at radius 1 is 0.844 bits per heavy atom. The van der Waals surface area contributed by atoms with Crippen molar-refractivity contribution in [3.8, 4) is 0 Å². The largest absolute Gasteiger partial charge is 0.443 e. The summed E-state index contributed by atoms with van der Waals surface area (Å²) in [6.07, 6.45) is -24.3. The van der Waals surface area contributed by atoms with Crippen LogP contribution in [0, 0.1) is 0 Å². The summed E-state index contributed by atoms with van der Waals surface area (Å²) in [5.74, 6) is -5.35. The molecule has 0 radical (unpaired) electrons. The number of hydrogen-bond donors (Lipinski definition) is 1. The second kappa shape index (κ2) is 7.84. The van der Waals surface area contributed by atoms with E-state index in [0.29, 0.717) is 24.3 Å². The molecule has 0 aromatic heterocycles. The van der Waals surface area contributed by atoms with E-state index in [9.17, 15) is 61.9 Å². The van der Waals surface area contributed by atoms with E-state index in [1.165, 1.54) is 5.32 Å². The fraction of sp³-hybridized carbons (Fsp3) is 0.333. The van der Waals surface area contributed by atoms with Crippen molar-refractivity contribution in [3.63, 3.8) is 0 Å². The number of rotatable bonds is 1. The van der Waals surface area contributed by atoms with Gasteiger partial charge < -0.3 is 5.32 Å². The van der Waals surface area contributed by atoms with E-state index in [4.69, 9.17) is 0 Å². The summed E-state index contributed by atoms with van der Waals surface area (Å²) in [5, 5.41) is -0.396. The molecule has 1 aliphatic heterocycles. The number of aliphatic imine (C=N–C) groups is 1. The quantitative estimate of drug-likeness (QED) is 0.463. The van der Waals surface area contributed by atoms with Crippen LogP contribution in [-0.4, -0.2) is 35.1 Å². The number of carbonyl (C=O) groups excluding carboxylic acids is 1. The molecular weight excluding hydrogens is 503 g/mol. The van der Waals surface area contributed by atoms with E-state index >= 15 is 0 Å². The number of alkyl halides is 12. The Morgan fingerprint density at radius 3 is 1.69 bits per heavy atom. The Morgan fingerprint density at radius 2 is 1.31 bits per heavy atom. The normalized spacial score (nSPS) is 19.0. The van der Waals surface area contributed by atoms with E-state index in [2.05, 4.69) is 4.99 Å². The molecule has 0 saturated carbocycles. The molecule has 17 heteroatoms. The van der Waals surface area contributed by atoms with Gasteiger partial charge in [-0.15, -0.1) is 0 Å². The van der Waals surface area contributed by atoms with Crippen LogP contribution in [0.2, 0.25) is 0 Å². The molecule has 3 nitrogen and oxygen atoms in total. The second-order valence-corrected chi connectivity index (χ2v) is 6.89. The zero-order valence-corrected chi connectivity index (χ0v) is 15.3. The highest BCUT2D eigenvalue weighted by atomic mass is 32.2. The van der Waals surface area contributed by atoms with Crippen molar-refractivity contribution >= 4 is 22.8 Å². The second-order valence-electron chi connectivity index (χ2n) is 5.90. The Balaban J connectivity index is 2.53. The standard InChI is InChI=1S/C15H5F13N2OS/c16-7(13(20,21)22)8-11(14(23,24)25,15(26,27)28)30-10(32-8)29-9(31)5-1-3-6(4-2-5)12(17,18)19/h1-4H,(H,29,30,31)/b8-7+. The smallest absolute Gasteiger partial charge is 0.301 e. The maximum Gasteiger partial charge on any atom is 0.443 e. The van der Waals surface area contributed by atoms with Crippen LogP contribution >= 0.6 is 11.8 Å². The summed E-state index contributed by atoms with van der Waals surface area (Å²) in [7, 11) is 0. The number of amidine groups is 1. The lowest BCUT2D eigenvalue weighted by molar-refractivity contribution is -0.280. The minimum absolute atomic E-state index is 0.350. The number of thioether (sulfide) groups is 1. The topological polar surface area (TPSA) is 41.5 Å². The maximum absolute atomic E-state index is 13.6. The predicted molar refractivity (Wildman–Crippen MR) is 83.0 cm³/mol. The van der Waals surface area contributed by atoms with Crippen molar-refractivity contribution in [3.05, 3.63) is 46.1 Å². The highest BCUT2D eigenvalue weighted by molar-refractivity contribution is 8.17. The van der Waals surface area contributed by atoms with Crippen LogP contribution in [0.1, 0.15) is 15.9 Å². The van der Waals surface area contributed by atoms with Gasteiger partial charge in [-0.3, -0.25) is 4.79 Å². The SMILES string of the molecule is O=C(NC1=NC(C(F)(F)F)(C(F)(F)F)/C(=C(\F)C(F)(F)F)S1)c1ccc(C(F)(F)F)cc1. The number of carbonyl (C=O) groups is 1. The highest BCUT2D eigenvalue weighted by Crippen LogP contribution is 2.59. The molecule has 0 bridgehead atoms. The van der Waals surface area contributed by atoms with Gasteiger partial charge in [0, 0.05) is 5.56 Å². The molecule has 1 N–H and O–H groups in total. The Hall–Kier alpha value is -2.46. The van der Waals surface area contributed by atoms with E-state index in [1.807, 2.05) is 0 Å². The summed E-state index contributed by atoms with van der Waals surface area (Å²) in [5.41, 5.74) is -7.65. The van der Waals surface area contributed by atoms with Gasteiger partial charge in [0.1, 0.15) is 0 Å². The number of amides is 1. The molecule has 32 heavy (non-hydrogen) atoms. The minimum atomic E-state index is -6.61. The number of nitrogens with one attached hydrogen (secondary N) is 1. The molecule has 0 unspecified atom stereocenters. The third-order valence-corrected chi connectivity index (χ3v) is 4.83. The van der Waals surface area contributed by atoms with Crippen LogP contribution in [0.5, 0.6) is 0 Å². The van der Waals surface area contributed by atoms with Gasteiger partial charge >= 0.3 is 24.7 Å². The zero-order chi connectivity index (χ0) is 24.9. The number of halogens is 13. The molecule has 0 atom stereocenters. The summed E-state index contributed by atoms with van der Waals surface area (Å²) >= 11 is -1.08. The fourth-order valence-electron chi connectivity index (χ4n) is 2.31. The van der Waals surface area contributed by atoms with Gasteiger partial charge in [-0.1, -0.05) is 11.8 Å². The van der Waals surface area contributed by atoms with Crippen molar-refractivity contribution in [2.24, 2.45) is 4.99 Å².